The predicted octanol–water partition coefficient (Wildman–Crippen LogP) is 2.79. The quantitative estimate of drug-likeness (QED) is 0.915. The zero-order valence-corrected chi connectivity index (χ0v) is 15.0. The fourth-order valence-corrected chi connectivity index (χ4v) is 6.42. The van der Waals surface area contributed by atoms with Crippen LogP contribution < -0.4 is 10.9 Å². The molecule has 0 radical (unpaired) electrons. The first-order valence-corrected chi connectivity index (χ1v) is 10.3. The molecule has 0 unspecified atom stereocenters. The number of carbonyl (C=O) groups is 1. The van der Waals surface area contributed by atoms with E-state index < -0.39 is 0 Å². The van der Waals surface area contributed by atoms with E-state index in [4.69, 9.17) is 0 Å². The Hall–Kier alpha value is -1.69. The molecule has 2 aromatic rings. The van der Waals surface area contributed by atoms with E-state index in [9.17, 15) is 9.59 Å². The predicted molar refractivity (Wildman–Crippen MR) is 97.5 cm³/mol. The molecule has 5 nitrogen and oxygen atoms in total. The Kier molecular flexibility index (Phi) is 3.69. The Morgan fingerprint density at radius 1 is 1.20 bits per heavy atom. The van der Waals surface area contributed by atoms with Crippen molar-refractivity contribution in [3.63, 3.8) is 0 Å². The van der Waals surface area contributed by atoms with Crippen LogP contribution >= 0.6 is 11.3 Å². The second kappa shape index (κ2) is 5.94. The lowest BCUT2D eigenvalue weighted by molar-refractivity contribution is -0.125. The van der Waals surface area contributed by atoms with Crippen LogP contribution in [0.3, 0.4) is 0 Å². The van der Waals surface area contributed by atoms with Crippen LogP contribution in [0.15, 0.2) is 22.6 Å². The van der Waals surface area contributed by atoms with E-state index in [1.54, 1.807) is 17.0 Å². The number of hydrogen-bond acceptors (Lipinski definition) is 4. The van der Waals surface area contributed by atoms with E-state index in [1.807, 2.05) is 5.38 Å². The van der Waals surface area contributed by atoms with E-state index in [-0.39, 0.29) is 11.5 Å². The van der Waals surface area contributed by atoms with Crippen molar-refractivity contribution in [2.75, 3.05) is 0 Å². The molecule has 4 fully saturated rings. The van der Waals surface area contributed by atoms with Gasteiger partial charge in [0.05, 0.1) is 11.7 Å². The second-order valence-corrected chi connectivity index (χ2v) is 9.05. The molecule has 1 N–H and O–H groups in total. The zero-order valence-electron chi connectivity index (χ0n) is 14.2. The summed E-state index contributed by atoms with van der Waals surface area (Å²) >= 11 is 1.47. The topological polar surface area (TPSA) is 64.0 Å². The Bertz CT molecular complexity index is 843. The molecule has 0 aromatic carbocycles. The Morgan fingerprint density at radius 2 is 1.92 bits per heavy atom. The Labute approximate surface area is 150 Å². The van der Waals surface area contributed by atoms with Crippen LogP contribution in [0.25, 0.3) is 10.2 Å². The van der Waals surface area contributed by atoms with Gasteiger partial charge < -0.3 is 5.32 Å². The summed E-state index contributed by atoms with van der Waals surface area (Å²) in [4.78, 5) is 29.9. The van der Waals surface area contributed by atoms with Crippen LogP contribution in [0.5, 0.6) is 0 Å². The smallest absolute Gasteiger partial charge is 0.262 e. The number of rotatable bonds is 4. The van der Waals surface area contributed by atoms with E-state index in [1.165, 1.54) is 43.4 Å². The van der Waals surface area contributed by atoms with Gasteiger partial charge >= 0.3 is 0 Å². The molecule has 0 spiro atoms. The highest BCUT2D eigenvalue weighted by atomic mass is 32.1. The number of thiophene rings is 1. The standard InChI is InChI=1S/C19H23N3O2S/c23-16(1-3-22-10-20-18-15(19(22)24)2-4-25-18)21-17-13-6-11-5-12(8-13)9-14(17)7-11/h2,4,10-14,17H,1,3,5-9H2,(H,21,23). The first-order chi connectivity index (χ1) is 12.2. The van der Waals surface area contributed by atoms with Gasteiger partial charge in [-0.25, -0.2) is 4.98 Å². The fraction of sp³-hybridized carbons (Fsp3) is 0.632. The summed E-state index contributed by atoms with van der Waals surface area (Å²) in [5, 5.41) is 5.84. The third-order valence-corrected chi connectivity index (χ3v) is 7.41. The Morgan fingerprint density at radius 3 is 2.64 bits per heavy atom. The molecule has 4 bridgehead atoms. The van der Waals surface area contributed by atoms with E-state index in [2.05, 4.69) is 10.3 Å². The summed E-state index contributed by atoms with van der Waals surface area (Å²) in [6, 6.07) is 2.18. The van der Waals surface area contributed by atoms with Crippen LogP contribution in [0.4, 0.5) is 0 Å². The maximum atomic E-state index is 12.5. The molecule has 6 rings (SSSR count). The molecule has 4 aliphatic rings. The summed E-state index contributed by atoms with van der Waals surface area (Å²) in [7, 11) is 0. The molecular formula is C19H23N3O2S. The van der Waals surface area contributed by atoms with Crippen molar-refractivity contribution in [3.8, 4) is 0 Å². The van der Waals surface area contributed by atoms with Gasteiger partial charge in [-0.3, -0.25) is 14.2 Å². The maximum absolute atomic E-state index is 12.5. The summed E-state index contributed by atoms with van der Waals surface area (Å²) in [6.07, 6.45) is 8.55. The van der Waals surface area contributed by atoms with Crippen LogP contribution in [-0.2, 0) is 11.3 Å². The highest BCUT2D eigenvalue weighted by Crippen LogP contribution is 2.53. The van der Waals surface area contributed by atoms with Crippen molar-refractivity contribution in [1.82, 2.24) is 14.9 Å². The number of aryl methyl sites for hydroxylation is 1. The third kappa shape index (κ3) is 2.71. The minimum atomic E-state index is -0.0475. The normalized spacial score (nSPS) is 33.0. The summed E-state index contributed by atoms with van der Waals surface area (Å²) < 4.78 is 1.56. The van der Waals surface area contributed by atoms with Gasteiger partial charge in [-0.1, -0.05) is 0 Å². The minimum absolute atomic E-state index is 0.0475. The van der Waals surface area contributed by atoms with Gasteiger partial charge in [-0.2, -0.15) is 0 Å². The van der Waals surface area contributed by atoms with Gasteiger partial charge in [0, 0.05) is 19.0 Å². The van der Waals surface area contributed by atoms with Crippen LogP contribution in [-0.4, -0.2) is 21.5 Å². The maximum Gasteiger partial charge on any atom is 0.262 e. The molecule has 0 atom stereocenters. The Balaban J connectivity index is 1.23. The molecule has 4 aliphatic carbocycles. The van der Waals surface area contributed by atoms with E-state index >= 15 is 0 Å². The SMILES string of the molecule is O=C(CCn1cnc2sccc2c1=O)NC1C2CC3CC(C2)CC1C3. The van der Waals surface area contributed by atoms with Crippen LogP contribution in [0, 0.1) is 23.7 Å². The molecule has 4 saturated carbocycles. The number of carbonyl (C=O) groups excluding carboxylic acids is 1. The van der Waals surface area contributed by atoms with Crippen molar-refractivity contribution in [3.05, 3.63) is 28.1 Å². The number of hydrogen-bond donors (Lipinski definition) is 1. The number of fused-ring (bicyclic) bond motifs is 1. The van der Waals surface area contributed by atoms with Crippen molar-refractivity contribution >= 4 is 27.5 Å². The molecule has 2 aromatic heterocycles. The highest BCUT2D eigenvalue weighted by Gasteiger charge is 2.48. The van der Waals surface area contributed by atoms with Gasteiger partial charge in [0.15, 0.2) is 0 Å². The number of nitrogens with one attached hydrogen (secondary N) is 1. The first kappa shape index (κ1) is 15.6. The van der Waals surface area contributed by atoms with E-state index in [0.717, 1.165) is 16.7 Å². The fourth-order valence-electron chi connectivity index (χ4n) is 5.69. The average molecular weight is 357 g/mol. The molecule has 0 saturated heterocycles. The summed E-state index contributed by atoms with van der Waals surface area (Å²) in [5.74, 6) is 3.28. The zero-order chi connectivity index (χ0) is 17.0. The lowest BCUT2D eigenvalue weighted by Gasteiger charge is -2.54. The third-order valence-electron chi connectivity index (χ3n) is 6.58. The minimum Gasteiger partial charge on any atom is -0.353 e. The van der Waals surface area contributed by atoms with E-state index in [0.29, 0.717) is 36.2 Å². The molecule has 132 valence electrons. The molecule has 25 heavy (non-hydrogen) atoms. The summed E-state index contributed by atoms with van der Waals surface area (Å²) in [5.41, 5.74) is -0.0475. The van der Waals surface area contributed by atoms with Crippen molar-refractivity contribution < 1.29 is 4.79 Å². The van der Waals surface area contributed by atoms with Crippen molar-refractivity contribution in [2.45, 2.75) is 51.1 Å². The molecule has 0 aliphatic heterocycles. The molecule has 2 heterocycles. The van der Waals surface area contributed by atoms with Gasteiger partial charge in [0.1, 0.15) is 4.83 Å². The van der Waals surface area contributed by atoms with Crippen molar-refractivity contribution in [1.29, 1.82) is 0 Å². The second-order valence-electron chi connectivity index (χ2n) is 8.16. The van der Waals surface area contributed by atoms with Gasteiger partial charge in [-0.05, 0) is 67.2 Å². The van der Waals surface area contributed by atoms with Crippen LogP contribution in [0.2, 0.25) is 0 Å². The molecule has 1 amide bonds. The molecule has 6 heteroatoms. The average Bonchev–Trinajstić information content (AvgIpc) is 3.06. The summed E-state index contributed by atoms with van der Waals surface area (Å²) in [6.45, 7) is 0.400. The van der Waals surface area contributed by atoms with Gasteiger partial charge in [-0.15, -0.1) is 11.3 Å². The first-order valence-electron chi connectivity index (χ1n) is 9.39. The number of nitrogens with zero attached hydrogens (tertiary/aromatic N) is 2. The molecular weight excluding hydrogens is 334 g/mol. The van der Waals surface area contributed by atoms with Crippen LogP contribution in [0.1, 0.15) is 38.5 Å². The lowest BCUT2D eigenvalue weighted by Crippen LogP contribution is -2.55. The van der Waals surface area contributed by atoms with Crippen molar-refractivity contribution in [2.24, 2.45) is 23.7 Å². The number of aromatic nitrogens is 2. The lowest BCUT2D eigenvalue weighted by atomic mass is 9.54. The highest BCUT2D eigenvalue weighted by molar-refractivity contribution is 7.16. The number of amides is 1. The van der Waals surface area contributed by atoms with Gasteiger partial charge in [0.2, 0.25) is 5.91 Å². The van der Waals surface area contributed by atoms with Gasteiger partial charge in [0.25, 0.3) is 5.56 Å². The monoisotopic (exact) mass is 357 g/mol. The largest absolute Gasteiger partial charge is 0.353 e.